The Morgan fingerprint density at radius 3 is 2.56 bits per heavy atom. The highest BCUT2D eigenvalue weighted by atomic mass is 35.5. The van der Waals surface area contributed by atoms with Crippen LogP contribution >= 0.6 is 23.4 Å². The molecule has 2 amide bonds. The van der Waals surface area contributed by atoms with Crippen LogP contribution in [0.15, 0.2) is 48.5 Å². The Kier molecular flexibility index (Phi) is 8.99. The second kappa shape index (κ2) is 11.7. The lowest BCUT2D eigenvalue weighted by molar-refractivity contribution is -0.118. The van der Waals surface area contributed by atoms with E-state index in [1.807, 2.05) is 36.4 Å². The van der Waals surface area contributed by atoms with E-state index >= 15 is 0 Å². The Hall–Kier alpha value is -2.06. The lowest BCUT2D eigenvalue weighted by Crippen LogP contribution is -2.38. The van der Waals surface area contributed by atoms with Gasteiger partial charge in [0.2, 0.25) is 5.91 Å². The number of rotatable bonds is 11. The summed E-state index contributed by atoms with van der Waals surface area (Å²) in [5, 5.41) is 16.1. The van der Waals surface area contributed by atoms with E-state index in [1.165, 1.54) is 0 Å². The molecule has 3 rings (SSSR count). The molecule has 0 saturated carbocycles. The fraction of sp³-hybridized carbons (Fsp3) is 0.417. The van der Waals surface area contributed by atoms with Crippen LogP contribution in [0.25, 0.3) is 0 Å². The fourth-order valence-corrected chi connectivity index (χ4v) is 4.61. The number of hydrogen-bond donors (Lipinski definition) is 3. The van der Waals surface area contributed by atoms with Crippen LogP contribution in [0.2, 0.25) is 5.02 Å². The molecule has 1 aliphatic rings. The highest BCUT2D eigenvalue weighted by molar-refractivity contribution is 8.15. The maximum atomic E-state index is 11.7. The molecule has 3 N–H and O–H groups in total. The van der Waals surface area contributed by atoms with Gasteiger partial charge < -0.3 is 15.2 Å². The SMILES string of the molecule is CC(C)CC(COc1ccc(CC2SC(=O)NC2=O)cc1)NC[C@H](O)c1cccc(Cl)c1. The molecule has 0 radical (unpaired) electrons. The number of carbonyl (C=O) groups excluding carboxylic acids is 2. The van der Waals surface area contributed by atoms with E-state index in [4.69, 9.17) is 16.3 Å². The van der Waals surface area contributed by atoms with Gasteiger partial charge in [-0.3, -0.25) is 14.9 Å². The van der Waals surface area contributed by atoms with Gasteiger partial charge in [0.15, 0.2) is 0 Å². The number of thioether (sulfide) groups is 1. The molecular formula is C24H29ClN2O4S. The zero-order valence-corrected chi connectivity index (χ0v) is 19.8. The molecule has 1 heterocycles. The minimum atomic E-state index is -0.653. The van der Waals surface area contributed by atoms with E-state index in [9.17, 15) is 14.7 Å². The van der Waals surface area contributed by atoms with Crippen molar-refractivity contribution in [2.24, 2.45) is 5.92 Å². The van der Waals surface area contributed by atoms with Crippen LogP contribution in [-0.2, 0) is 11.2 Å². The number of carbonyl (C=O) groups is 2. The van der Waals surface area contributed by atoms with Crippen LogP contribution in [0, 0.1) is 5.92 Å². The summed E-state index contributed by atoms with van der Waals surface area (Å²) in [7, 11) is 0. The zero-order valence-electron chi connectivity index (χ0n) is 18.2. The molecule has 6 nitrogen and oxygen atoms in total. The number of benzene rings is 2. The second-order valence-corrected chi connectivity index (χ2v) is 9.96. The number of imide groups is 1. The molecule has 2 unspecified atom stereocenters. The average Bonchev–Trinajstić information content (AvgIpc) is 3.07. The number of amides is 2. The van der Waals surface area contributed by atoms with Crippen molar-refractivity contribution in [3.8, 4) is 5.75 Å². The summed E-state index contributed by atoms with van der Waals surface area (Å²) >= 11 is 7.06. The smallest absolute Gasteiger partial charge is 0.286 e. The van der Waals surface area contributed by atoms with Gasteiger partial charge in [-0.05, 0) is 54.2 Å². The van der Waals surface area contributed by atoms with Gasteiger partial charge in [0.25, 0.3) is 5.24 Å². The number of halogens is 1. The third kappa shape index (κ3) is 7.52. The minimum absolute atomic E-state index is 0.0770. The number of hydrogen-bond acceptors (Lipinski definition) is 6. The highest BCUT2D eigenvalue weighted by Crippen LogP contribution is 2.24. The zero-order chi connectivity index (χ0) is 23.1. The number of nitrogens with one attached hydrogen (secondary N) is 2. The van der Waals surface area contributed by atoms with E-state index in [0.29, 0.717) is 30.5 Å². The van der Waals surface area contributed by atoms with Crippen LogP contribution < -0.4 is 15.4 Å². The number of aliphatic hydroxyl groups is 1. The summed E-state index contributed by atoms with van der Waals surface area (Å²) in [5.41, 5.74) is 1.75. The lowest BCUT2D eigenvalue weighted by atomic mass is 10.0. The molecular weight excluding hydrogens is 448 g/mol. The van der Waals surface area contributed by atoms with Gasteiger partial charge in [-0.15, -0.1) is 0 Å². The van der Waals surface area contributed by atoms with E-state index < -0.39 is 6.10 Å². The molecule has 0 spiro atoms. The average molecular weight is 477 g/mol. The number of aliphatic hydroxyl groups excluding tert-OH is 1. The summed E-state index contributed by atoms with van der Waals surface area (Å²) in [6.45, 7) is 5.17. The third-order valence-corrected chi connectivity index (χ3v) is 6.37. The van der Waals surface area contributed by atoms with Crippen LogP contribution in [0.1, 0.15) is 37.5 Å². The summed E-state index contributed by atoms with van der Waals surface area (Å²) in [6, 6.07) is 14.9. The summed E-state index contributed by atoms with van der Waals surface area (Å²) in [4.78, 5) is 23.0. The van der Waals surface area contributed by atoms with Gasteiger partial charge in [-0.1, -0.05) is 61.5 Å². The van der Waals surface area contributed by atoms with Crippen molar-refractivity contribution >= 4 is 34.5 Å². The maximum Gasteiger partial charge on any atom is 0.286 e. The Balaban J connectivity index is 1.51. The first-order chi connectivity index (χ1) is 15.3. The highest BCUT2D eigenvalue weighted by Gasteiger charge is 2.31. The third-order valence-electron chi connectivity index (χ3n) is 5.15. The molecule has 2 aromatic rings. The molecule has 172 valence electrons. The van der Waals surface area contributed by atoms with Crippen LogP contribution in [0.5, 0.6) is 5.75 Å². The second-order valence-electron chi connectivity index (χ2n) is 8.35. The first-order valence-corrected chi connectivity index (χ1v) is 12.0. The van der Waals surface area contributed by atoms with Gasteiger partial charge in [0, 0.05) is 17.6 Å². The Labute approximate surface area is 198 Å². The molecule has 1 saturated heterocycles. The topological polar surface area (TPSA) is 87.7 Å². The summed E-state index contributed by atoms with van der Waals surface area (Å²) < 4.78 is 5.99. The minimum Gasteiger partial charge on any atom is -0.492 e. The first-order valence-electron chi connectivity index (χ1n) is 10.7. The van der Waals surface area contributed by atoms with Gasteiger partial charge in [-0.2, -0.15) is 0 Å². The van der Waals surface area contributed by atoms with Crippen molar-refractivity contribution in [3.05, 3.63) is 64.7 Å². The standard InChI is InChI=1S/C24H29ClN2O4S/c1-15(2)10-19(26-13-21(28)17-4-3-5-18(25)12-17)14-31-20-8-6-16(7-9-20)11-22-23(29)27-24(30)32-22/h3-9,12,15,19,21-22,26,28H,10-11,13-14H2,1-2H3,(H,27,29,30)/t19?,21-,22?/m0/s1. The Morgan fingerprint density at radius 1 is 1.19 bits per heavy atom. The first kappa shape index (κ1) is 24.6. The number of ether oxygens (including phenoxy) is 1. The Morgan fingerprint density at radius 2 is 1.94 bits per heavy atom. The molecule has 3 atom stereocenters. The van der Waals surface area contributed by atoms with Gasteiger partial charge in [0.05, 0.1) is 11.4 Å². The fourth-order valence-electron chi connectivity index (χ4n) is 3.55. The lowest BCUT2D eigenvalue weighted by Gasteiger charge is -2.23. The van der Waals surface area contributed by atoms with E-state index in [1.54, 1.807) is 12.1 Å². The van der Waals surface area contributed by atoms with Crippen molar-refractivity contribution in [2.45, 2.75) is 44.1 Å². The monoisotopic (exact) mass is 476 g/mol. The normalized spacial score (nSPS) is 18.0. The summed E-state index contributed by atoms with van der Waals surface area (Å²) in [5.74, 6) is 0.974. The molecule has 32 heavy (non-hydrogen) atoms. The molecule has 1 fully saturated rings. The van der Waals surface area contributed by atoms with Crippen molar-refractivity contribution in [2.75, 3.05) is 13.2 Å². The van der Waals surface area contributed by atoms with Crippen LogP contribution in [-0.4, -0.2) is 40.7 Å². The molecule has 0 aliphatic carbocycles. The van der Waals surface area contributed by atoms with Crippen molar-refractivity contribution in [1.82, 2.24) is 10.6 Å². The van der Waals surface area contributed by atoms with Gasteiger partial charge >= 0.3 is 0 Å². The van der Waals surface area contributed by atoms with E-state index in [2.05, 4.69) is 24.5 Å². The van der Waals surface area contributed by atoms with Gasteiger partial charge in [-0.25, -0.2) is 0 Å². The van der Waals surface area contributed by atoms with E-state index in [0.717, 1.165) is 35.1 Å². The van der Waals surface area contributed by atoms with Crippen LogP contribution in [0.4, 0.5) is 4.79 Å². The predicted molar refractivity (Wildman–Crippen MR) is 128 cm³/mol. The molecule has 1 aliphatic heterocycles. The quantitative estimate of drug-likeness (QED) is 0.447. The molecule has 0 aromatic heterocycles. The molecule has 2 aromatic carbocycles. The van der Waals surface area contributed by atoms with Crippen molar-refractivity contribution in [3.63, 3.8) is 0 Å². The van der Waals surface area contributed by atoms with E-state index in [-0.39, 0.29) is 22.4 Å². The van der Waals surface area contributed by atoms with Crippen molar-refractivity contribution in [1.29, 1.82) is 0 Å². The molecule has 8 heteroatoms. The summed E-state index contributed by atoms with van der Waals surface area (Å²) in [6.07, 6.45) is 0.754. The van der Waals surface area contributed by atoms with Gasteiger partial charge in [0.1, 0.15) is 12.4 Å². The predicted octanol–water partition coefficient (Wildman–Crippen LogP) is 4.35. The largest absolute Gasteiger partial charge is 0.492 e. The van der Waals surface area contributed by atoms with Crippen molar-refractivity contribution < 1.29 is 19.4 Å². The molecule has 0 bridgehead atoms. The van der Waals surface area contributed by atoms with Crippen LogP contribution in [0.3, 0.4) is 0 Å². The Bertz CT molecular complexity index is 922. The maximum absolute atomic E-state index is 11.7.